The van der Waals surface area contributed by atoms with Crippen molar-refractivity contribution in [2.24, 2.45) is 5.14 Å². The van der Waals surface area contributed by atoms with Gasteiger partial charge in [-0.05, 0) is 37.3 Å². The molecule has 0 aliphatic carbocycles. The fourth-order valence-electron chi connectivity index (χ4n) is 1.88. The van der Waals surface area contributed by atoms with E-state index in [1.54, 1.807) is 30.3 Å². The second-order valence-corrected chi connectivity index (χ2v) is 6.65. The van der Waals surface area contributed by atoms with Crippen LogP contribution in [-0.2, 0) is 19.6 Å². The normalized spacial score (nSPS) is 12.3. The third kappa shape index (κ3) is 4.85. The van der Waals surface area contributed by atoms with Gasteiger partial charge < -0.3 is 10.1 Å². The first-order valence-corrected chi connectivity index (χ1v) is 8.62. The van der Waals surface area contributed by atoms with Crippen molar-refractivity contribution in [2.75, 3.05) is 5.32 Å². The average molecular weight is 366 g/mol. The molecule has 7 nitrogen and oxygen atoms in total. The maximum absolute atomic E-state index is 13.8. The fraction of sp³-hybridized carbons (Fsp3) is 0.125. The number of para-hydroxylation sites is 1. The zero-order chi connectivity index (χ0) is 18.6. The molecule has 3 N–H and O–H groups in total. The van der Waals surface area contributed by atoms with Crippen molar-refractivity contribution in [1.82, 2.24) is 0 Å². The highest BCUT2D eigenvalue weighted by atomic mass is 32.2. The molecule has 0 heterocycles. The van der Waals surface area contributed by atoms with Crippen LogP contribution in [0.5, 0.6) is 0 Å². The van der Waals surface area contributed by atoms with Crippen LogP contribution in [-0.4, -0.2) is 26.4 Å². The molecule has 0 aliphatic heterocycles. The molecule has 0 spiro atoms. The number of esters is 1. The molecule has 25 heavy (non-hydrogen) atoms. The van der Waals surface area contributed by atoms with Crippen molar-refractivity contribution in [1.29, 1.82) is 0 Å². The minimum absolute atomic E-state index is 0.442. The van der Waals surface area contributed by atoms with Crippen LogP contribution in [0, 0.1) is 5.82 Å². The average Bonchev–Trinajstić information content (AvgIpc) is 2.54. The predicted octanol–water partition coefficient (Wildman–Crippen LogP) is 1.66. The summed E-state index contributed by atoms with van der Waals surface area (Å²) in [7, 11) is -4.11. The van der Waals surface area contributed by atoms with Gasteiger partial charge in [0.2, 0.25) is 10.0 Å². The number of hydrogen-bond donors (Lipinski definition) is 2. The minimum Gasteiger partial charge on any atom is -0.449 e. The number of benzene rings is 2. The lowest BCUT2D eigenvalue weighted by Gasteiger charge is -2.14. The summed E-state index contributed by atoms with van der Waals surface area (Å²) in [4.78, 5) is 23.6. The Bertz CT molecular complexity index is 900. The van der Waals surface area contributed by atoms with Crippen LogP contribution in [0.15, 0.2) is 53.4 Å². The highest BCUT2D eigenvalue weighted by Crippen LogP contribution is 2.16. The Hall–Kier alpha value is -2.78. The Morgan fingerprint density at radius 1 is 1.16 bits per heavy atom. The summed E-state index contributed by atoms with van der Waals surface area (Å²) in [5.74, 6) is -2.80. The van der Waals surface area contributed by atoms with E-state index in [-0.39, 0.29) is 0 Å². The molecule has 0 aliphatic rings. The molecule has 132 valence electrons. The van der Waals surface area contributed by atoms with Crippen LogP contribution in [0.2, 0.25) is 0 Å². The van der Waals surface area contributed by atoms with Crippen LogP contribution in [0.1, 0.15) is 17.3 Å². The Morgan fingerprint density at radius 3 is 2.40 bits per heavy atom. The number of anilines is 1. The van der Waals surface area contributed by atoms with E-state index in [0.29, 0.717) is 5.69 Å². The van der Waals surface area contributed by atoms with E-state index < -0.39 is 44.3 Å². The molecule has 2 aromatic rings. The van der Waals surface area contributed by atoms with E-state index >= 15 is 0 Å². The SMILES string of the molecule is C[C@H](OC(=O)c1cc(S(N)(=O)=O)ccc1F)C(=O)Nc1ccccc1. The highest BCUT2D eigenvalue weighted by molar-refractivity contribution is 7.89. The summed E-state index contributed by atoms with van der Waals surface area (Å²) in [5.41, 5.74) is -0.135. The van der Waals surface area contributed by atoms with E-state index in [1.165, 1.54) is 6.92 Å². The molecule has 0 radical (unpaired) electrons. The van der Waals surface area contributed by atoms with Gasteiger partial charge in [0.15, 0.2) is 6.10 Å². The van der Waals surface area contributed by atoms with Crippen LogP contribution in [0.3, 0.4) is 0 Å². The molecule has 0 saturated carbocycles. The Labute approximate surface area is 143 Å². The summed E-state index contributed by atoms with van der Waals surface area (Å²) < 4.78 is 41.2. The van der Waals surface area contributed by atoms with Gasteiger partial charge in [-0.25, -0.2) is 22.7 Å². The van der Waals surface area contributed by atoms with Crippen molar-refractivity contribution in [3.8, 4) is 0 Å². The molecule has 1 amide bonds. The molecule has 9 heteroatoms. The van der Waals surface area contributed by atoms with Gasteiger partial charge >= 0.3 is 5.97 Å². The van der Waals surface area contributed by atoms with Gasteiger partial charge in [-0.2, -0.15) is 0 Å². The largest absolute Gasteiger partial charge is 0.449 e. The number of carbonyl (C=O) groups excluding carboxylic acids is 2. The number of nitrogens with one attached hydrogen (secondary N) is 1. The van der Waals surface area contributed by atoms with Crippen molar-refractivity contribution >= 4 is 27.6 Å². The number of hydrogen-bond acceptors (Lipinski definition) is 5. The van der Waals surface area contributed by atoms with Crippen molar-refractivity contribution < 1.29 is 27.1 Å². The number of primary sulfonamides is 1. The molecule has 2 aromatic carbocycles. The molecule has 0 saturated heterocycles. The summed E-state index contributed by atoms with van der Waals surface area (Å²) in [5, 5.41) is 7.47. The van der Waals surface area contributed by atoms with E-state index in [2.05, 4.69) is 5.32 Å². The Morgan fingerprint density at radius 2 is 1.80 bits per heavy atom. The zero-order valence-electron chi connectivity index (χ0n) is 13.1. The quantitative estimate of drug-likeness (QED) is 0.781. The summed E-state index contributed by atoms with van der Waals surface area (Å²) in [6.45, 7) is 1.30. The smallest absolute Gasteiger partial charge is 0.341 e. The fourth-order valence-corrected chi connectivity index (χ4v) is 2.42. The van der Waals surface area contributed by atoms with Crippen LogP contribution < -0.4 is 10.5 Å². The zero-order valence-corrected chi connectivity index (χ0v) is 13.9. The van der Waals surface area contributed by atoms with Crippen molar-refractivity contribution in [2.45, 2.75) is 17.9 Å². The Kier molecular flexibility index (Phi) is 5.50. The van der Waals surface area contributed by atoms with E-state index in [0.717, 1.165) is 18.2 Å². The summed E-state index contributed by atoms with van der Waals surface area (Å²) in [6.07, 6.45) is -1.23. The van der Waals surface area contributed by atoms with Gasteiger partial charge in [-0.15, -0.1) is 0 Å². The van der Waals surface area contributed by atoms with E-state index in [1.807, 2.05) is 0 Å². The summed E-state index contributed by atoms with van der Waals surface area (Å²) in [6, 6.07) is 10.9. The molecule has 0 unspecified atom stereocenters. The minimum atomic E-state index is -4.11. The second-order valence-electron chi connectivity index (χ2n) is 5.09. The lowest BCUT2D eigenvalue weighted by Crippen LogP contribution is -2.30. The van der Waals surface area contributed by atoms with Gasteiger partial charge in [-0.3, -0.25) is 4.79 Å². The number of halogens is 1. The molecule has 1 atom stereocenters. The first-order chi connectivity index (χ1) is 11.7. The number of carbonyl (C=O) groups is 2. The van der Waals surface area contributed by atoms with Gasteiger partial charge in [-0.1, -0.05) is 18.2 Å². The number of rotatable bonds is 5. The molecule has 0 aromatic heterocycles. The van der Waals surface area contributed by atoms with Crippen LogP contribution in [0.25, 0.3) is 0 Å². The highest BCUT2D eigenvalue weighted by Gasteiger charge is 2.23. The van der Waals surface area contributed by atoms with Crippen molar-refractivity contribution in [3.05, 3.63) is 59.9 Å². The van der Waals surface area contributed by atoms with Gasteiger partial charge in [0.05, 0.1) is 10.5 Å². The number of amides is 1. The molecular formula is C16H15FN2O5S. The topological polar surface area (TPSA) is 116 Å². The lowest BCUT2D eigenvalue weighted by molar-refractivity contribution is -0.123. The third-order valence-corrected chi connectivity index (χ3v) is 4.09. The molecule has 0 fully saturated rings. The number of nitrogens with two attached hydrogens (primary N) is 1. The van der Waals surface area contributed by atoms with Gasteiger partial charge in [0, 0.05) is 5.69 Å². The third-order valence-electron chi connectivity index (χ3n) is 3.18. The lowest BCUT2D eigenvalue weighted by atomic mass is 10.2. The molecule has 2 rings (SSSR count). The van der Waals surface area contributed by atoms with Crippen LogP contribution >= 0.6 is 0 Å². The van der Waals surface area contributed by atoms with Crippen molar-refractivity contribution in [3.63, 3.8) is 0 Å². The maximum atomic E-state index is 13.8. The second kappa shape index (κ2) is 7.41. The first-order valence-electron chi connectivity index (χ1n) is 7.07. The monoisotopic (exact) mass is 366 g/mol. The van der Waals surface area contributed by atoms with E-state index in [4.69, 9.17) is 9.88 Å². The van der Waals surface area contributed by atoms with Crippen LogP contribution in [0.4, 0.5) is 10.1 Å². The standard InChI is InChI=1S/C16H15FN2O5S/c1-10(15(20)19-11-5-3-2-4-6-11)24-16(21)13-9-12(25(18,22)23)7-8-14(13)17/h2-10H,1H3,(H,19,20)(H2,18,22,23)/t10-/m0/s1. The predicted molar refractivity (Wildman–Crippen MR) is 87.7 cm³/mol. The number of sulfonamides is 1. The van der Waals surface area contributed by atoms with Gasteiger partial charge in [0.1, 0.15) is 5.82 Å². The number of ether oxygens (including phenoxy) is 1. The van der Waals surface area contributed by atoms with Gasteiger partial charge in [0.25, 0.3) is 5.91 Å². The summed E-state index contributed by atoms with van der Waals surface area (Å²) >= 11 is 0. The van der Waals surface area contributed by atoms with E-state index in [9.17, 15) is 22.4 Å². The molecule has 0 bridgehead atoms. The molecular weight excluding hydrogens is 351 g/mol. The maximum Gasteiger partial charge on any atom is 0.341 e. The Balaban J connectivity index is 2.12. The first kappa shape index (κ1) is 18.6.